The summed E-state index contributed by atoms with van der Waals surface area (Å²) in [6.45, 7) is 4.39. The number of carbonyl (C=O) groups is 1. The van der Waals surface area contributed by atoms with E-state index in [1.54, 1.807) is 6.07 Å². The standard InChI is InChI=1S/C17H21NO2/c1-12-8-9-14(13(2)10-12)11-18-16-7-5-4-6-15(16)17(19)20-3/h4-7,10-11,13-14H,8-9H2,1-3H3. The van der Waals surface area contributed by atoms with E-state index >= 15 is 0 Å². The molecule has 1 aliphatic rings. The normalized spacial score (nSPS) is 22.6. The van der Waals surface area contributed by atoms with Gasteiger partial charge in [0.25, 0.3) is 0 Å². The quantitative estimate of drug-likeness (QED) is 0.470. The molecule has 0 radical (unpaired) electrons. The Labute approximate surface area is 120 Å². The molecule has 0 saturated carbocycles. The number of carbonyl (C=O) groups excluding carboxylic acids is 1. The lowest BCUT2D eigenvalue weighted by molar-refractivity contribution is 0.0601. The molecule has 1 aromatic carbocycles. The first kappa shape index (κ1) is 14.5. The summed E-state index contributed by atoms with van der Waals surface area (Å²) in [6, 6.07) is 7.29. The molecule has 106 valence electrons. The molecule has 20 heavy (non-hydrogen) atoms. The Kier molecular flexibility index (Phi) is 4.72. The van der Waals surface area contributed by atoms with E-state index in [1.807, 2.05) is 24.4 Å². The highest BCUT2D eigenvalue weighted by Gasteiger charge is 2.18. The van der Waals surface area contributed by atoms with Crippen LogP contribution < -0.4 is 0 Å². The molecule has 0 bridgehead atoms. The number of aliphatic imine (C=N–C) groups is 1. The predicted octanol–water partition coefficient (Wildman–Crippen LogP) is 4.17. The molecule has 2 unspecified atom stereocenters. The minimum Gasteiger partial charge on any atom is -0.465 e. The number of benzene rings is 1. The number of nitrogens with zero attached hydrogens (tertiary/aromatic N) is 1. The molecule has 0 aliphatic heterocycles. The Morgan fingerprint density at radius 1 is 1.40 bits per heavy atom. The third kappa shape index (κ3) is 3.35. The molecule has 0 amide bonds. The van der Waals surface area contributed by atoms with E-state index in [2.05, 4.69) is 24.9 Å². The van der Waals surface area contributed by atoms with Crippen LogP contribution in [0, 0.1) is 11.8 Å². The fourth-order valence-corrected chi connectivity index (χ4v) is 2.57. The average molecular weight is 271 g/mol. The second kappa shape index (κ2) is 6.51. The molecule has 0 fully saturated rings. The summed E-state index contributed by atoms with van der Waals surface area (Å²) in [7, 11) is 1.39. The number of allylic oxidation sites excluding steroid dienone is 2. The summed E-state index contributed by atoms with van der Waals surface area (Å²) < 4.78 is 4.78. The Bertz CT molecular complexity index is 546. The van der Waals surface area contributed by atoms with Gasteiger partial charge in [0.15, 0.2) is 0 Å². The summed E-state index contributed by atoms with van der Waals surface area (Å²) in [5.41, 5.74) is 2.65. The number of rotatable bonds is 3. The number of ether oxygens (including phenoxy) is 1. The van der Waals surface area contributed by atoms with Gasteiger partial charge in [0, 0.05) is 12.1 Å². The van der Waals surface area contributed by atoms with E-state index in [1.165, 1.54) is 12.7 Å². The predicted molar refractivity (Wildman–Crippen MR) is 81.6 cm³/mol. The molecule has 0 N–H and O–H groups in total. The van der Waals surface area contributed by atoms with Crippen molar-refractivity contribution in [2.24, 2.45) is 16.8 Å². The van der Waals surface area contributed by atoms with Crippen LogP contribution in [0.3, 0.4) is 0 Å². The Morgan fingerprint density at radius 2 is 2.15 bits per heavy atom. The van der Waals surface area contributed by atoms with Gasteiger partial charge in [-0.05, 0) is 37.8 Å². The first-order valence-electron chi connectivity index (χ1n) is 7.00. The van der Waals surface area contributed by atoms with E-state index in [0.717, 1.165) is 12.8 Å². The summed E-state index contributed by atoms with van der Waals surface area (Å²) in [6.07, 6.45) is 6.54. The van der Waals surface area contributed by atoms with Crippen LogP contribution in [-0.2, 0) is 4.74 Å². The van der Waals surface area contributed by atoms with Crippen molar-refractivity contribution in [2.45, 2.75) is 26.7 Å². The summed E-state index contributed by atoms with van der Waals surface area (Å²) >= 11 is 0. The number of hydrogen-bond donors (Lipinski definition) is 0. The Balaban J connectivity index is 2.18. The lowest BCUT2D eigenvalue weighted by Crippen LogP contribution is -2.15. The molecular formula is C17H21NO2. The maximum absolute atomic E-state index is 11.7. The molecule has 0 saturated heterocycles. The van der Waals surface area contributed by atoms with E-state index in [9.17, 15) is 4.79 Å². The third-order valence-corrected chi connectivity index (χ3v) is 3.81. The summed E-state index contributed by atoms with van der Waals surface area (Å²) in [5, 5.41) is 0. The topological polar surface area (TPSA) is 38.7 Å². The van der Waals surface area contributed by atoms with Crippen molar-refractivity contribution in [1.29, 1.82) is 0 Å². The van der Waals surface area contributed by atoms with E-state index in [4.69, 9.17) is 4.74 Å². The zero-order valence-electron chi connectivity index (χ0n) is 12.3. The van der Waals surface area contributed by atoms with Crippen LogP contribution in [0.15, 0.2) is 40.9 Å². The zero-order valence-corrected chi connectivity index (χ0v) is 12.3. The molecule has 0 spiro atoms. The Morgan fingerprint density at radius 3 is 2.85 bits per heavy atom. The van der Waals surface area contributed by atoms with Gasteiger partial charge in [0.05, 0.1) is 18.4 Å². The monoisotopic (exact) mass is 271 g/mol. The number of methoxy groups -OCH3 is 1. The van der Waals surface area contributed by atoms with Crippen molar-refractivity contribution in [1.82, 2.24) is 0 Å². The van der Waals surface area contributed by atoms with Crippen LogP contribution in [0.5, 0.6) is 0 Å². The molecule has 1 aromatic rings. The maximum atomic E-state index is 11.7. The van der Waals surface area contributed by atoms with Crippen LogP contribution in [0.4, 0.5) is 5.69 Å². The minimum atomic E-state index is -0.342. The van der Waals surface area contributed by atoms with Gasteiger partial charge in [0.2, 0.25) is 0 Å². The summed E-state index contributed by atoms with van der Waals surface area (Å²) in [5.74, 6) is 0.590. The van der Waals surface area contributed by atoms with Gasteiger partial charge in [-0.1, -0.05) is 30.7 Å². The second-order valence-electron chi connectivity index (χ2n) is 5.36. The number of hydrogen-bond acceptors (Lipinski definition) is 3. The lowest BCUT2D eigenvalue weighted by Gasteiger charge is -2.23. The van der Waals surface area contributed by atoms with E-state index in [-0.39, 0.29) is 5.97 Å². The van der Waals surface area contributed by atoms with Crippen LogP contribution in [0.1, 0.15) is 37.0 Å². The molecule has 3 nitrogen and oxygen atoms in total. The van der Waals surface area contributed by atoms with E-state index in [0.29, 0.717) is 23.1 Å². The van der Waals surface area contributed by atoms with Crippen LogP contribution in [0.25, 0.3) is 0 Å². The second-order valence-corrected chi connectivity index (χ2v) is 5.36. The van der Waals surface area contributed by atoms with Crippen molar-refractivity contribution >= 4 is 17.9 Å². The Hall–Kier alpha value is -1.90. The van der Waals surface area contributed by atoms with Gasteiger partial charge in [-0.25, -0.2) is 4.79 Å². The molecular weight excluding hydrogens is 250 g/mol. The fraction of sp³-hybridized carbons (Fsp3) is 0.412. The first-order chi connectivity index (χ1) is 9.61. The van der Waals surface area contributed by atoms with Gasteiger partial charge in [-0.15, -0.1) is 0 Å². The molecule has 0 heterocycles. The smallest absolute Gasteiger partial charge is 0.340 e. The van der Waals surface area contributed by atoms with Gasteiger partial charge in [0.1, 0.15) is 0 Å². The van der Waals surface area contributed by atoms with Gasteiger partial charge in [-0.3, -0.25) is 4.99 Å². The zero-order chi connectivity index (χ0) is 14.5. The SMILES string of the molecule is COC(=O)c1ccccc1N=CC1CCC(C)=CC1C. The fourth-order valence-electron chi connectivity index (χ4n) is 2.57. The highest BCUT2D eigenvalue weighted by molar-refractivity contribution is 5.95. The number of para-hydroxylation sites is 1. The molecule has 0 aromatic heterocycles. The van der Waals surface area contributed by atoms with Crippen molar-refractivity contribution in [2.75, 3.05) is 7.11 Å². The molecule has 2 atom stereocenters. The highest BCUT2D eigenvalue weighted by Crippen LogP contribution is 2.28. The largest absolute Gasteiger partial charge is 0.465 e. The highest BCUT2D eigenvalue weighted by atomic mass is 16.5. The van der Waals surface area contributed by atoms with Crippen LogP contribution >= 0.6 is 0 Å². The molecule has 3 heteroatoms. The average Bonchev–Trinajstić information content (AvgIpc) is 2.46. The van der Waals surface area contributed by atoms with Crippen LogP contribution in [0.2, 0.25) is 0 Å². The molecule has 1 aliphatic carbocycles. The first-order valence-corrected chi connectivity index (χ1v) is 7.00. The van der Waals surface area contributed by atoms with Gasteiger partial charge < -0.3 is 4.74 Å². The number of esters is 1. The van der Waals surface area contributed by atoms with Gasteiger partial charge in [-0.2, -0.15) is 0 Å². The van der Waals surface area contributed by atoms with Crippen molar-refractivity contribution in [3.8, 4) is 0 Å². The van der Waals surface area contributed by atoms with Crippen LogP contribution in [-0.4, -0.2) is 19.3 Å². The minimum absolute atomic E-state index is 0.342. The van der Waals surface area contributed by atoms with Crippen molar-refractivity contribution < 1.29 is 9.53 Å². The van der Waals surface area contributed by atoms with E-state index < -0.39 is 0 Å². The molecule has 2 rings (SSSR count). The summed E-state index contributed by atoms with van der Waals surface area (Å²) in [4.78, 5) is 16.2. The maximum Gasteiger partial charge on any atom is 0.340 e. The lowest BCUT2D eigenvalue weighted by atomic mass is 9.83. The van der Waals surface area contributed by atoms with Gasteiger partial charge >= 0.3 is 5.97 Å². The van der Waals surface area contributed by atoms with Crippen molar-refractivity contribution in [3.05, 3.63) is 41.5 Å². The van der Waals surface area contributed by atoms with Crippen molar-refractivity contribution in [3.63, 3.8) is 0 Å². The third-order valence-electron chi connectivity index (χ3n) is 3.81.